The van der Waals surface area contributed by atoms with Gasteiger partial charge in [-0.05, 0) is 35.4 Å². The molecule has 0 aliphatic heterocycles. The summed E-state index contributed by atoms with van der Waals surface area (Å²) >= 11 is 0. The molecule has 0 bridgehead atoms. The molecule has 17 heavy (non-hydrogen) atoms. The van der Waals surface area contributed by atoms with E-state index in [-0.39, 0.29) is 0 Å². The Hall–Kier alpha value is -1.91. The molecule has 0 unspecified atom stereocenters. The predicted octanol–water partition coefficient (Wildman–Crippen LogP) is 3.91. The molecule has 0 saturated carbocycles. The quantitative estimate of drug-likeness (QED) is 0.690. The van der Waals surface area contributed by atoms with Gasteiger partial charge in [-0.2, -0.15) is 13.2 Å². The van der Waals surface area contributed by atoms with Crippen molar-refractivity contribution < 1.29 is 17.6 Å². The molecule has 0 N–H and O–H groups in total. The number of hydrogen-bond donors (Lipinski definition) is 0. The van der Waals surface area contributed by atoms with Gasteiger partial charge in [0.2, 0.25) is 0 Å². The molecule has 1 aromatic carbocycles. The third-order valence-corrected chi connectivity index (χ3v) is 2.29. The largest absolute Gasteiger partial charge is 0.419 e. The van der Waals surface area contributed by atoms with E-state index in [4.69, 9.17) is 0 Å². The number of alkyl halides is 3. The van der Waals surface area contributed by atoms with Gasteiger partial charge in [0.05, 0.1) is 5.56 Å². The van der Waals surface area contributed by atoms with Gasteiger partial charge < -0.3 is 0 Å². The van der Waals surface area contributed by atoms with E-state index < -0.39 is 17.6 Å². The first-order valence-electron chi connectivity index (χ1n) is 4.75. The molecule has 0 aliphatic rings. The average Bonchev–Trinajstić information content (AvgIpc) is 2.28. The monoisotopic (exact) mass is 241 g/mol. The molecule has 1 nitrogen and oxygen atoms in total. The highest BCUT2D eigenvalue weighted by Crippen LogP contribution is 2.33. The van der Waals surface area contributed by atoms with Gasteiger partial charge in [-0.15, -0.1) is 0 Å². The molecule has 2 aromatic rings. The molecule has 5 heteroatoms. The second-order valence-corrected chi connectivity index (χ2v) is 3.43. The lowest BCUT2D eigenvalue weighted by Crippen LogP contribution is -2.07. The lowest BCUT2D eigenvalue weighted by molar-refractivity contribution is -0.139. The first-order chi connectivity index (χ1) is 7.98. The standard InChI is InChI=1S/C12H7F4N/c13-11-7-9(8-3-5-17-6-4-8)1-2-10(11)12(14,15)16/h1-7H. The second-order valence-electron chi connectivity index (χ2n) is 3.43. The first kappa shape index (κ1) is 11.6. The minimum atomic E-state index is -4.67. The fraction of sp³-hybridized carbons (Fsp3) is 0.0833. The lowest BCUT2D eigenvalue weighted by Gasteiger charge is -2.09. The minimum absolute atomic E-state index is 0.387. The Kier molecular flexibility index (Phi) is 2.83. The Labute approximate surface area is 94.7 Å². The topological polar surface area (TPSA) is 12.9 Å². The van der Waals surface area contributed by atoms with Crippen molar-refractivity contribution in [2.24, 2.45) is 0 Å². The van der Waals surface area contributed by atoms with Crippen LogP contribution >= 0.6 is 0 Å². The van der Waals surface area contributed by atoms with Gasteiger partial charge in [-0.3, -0.25) is 4.98 Å². The Bertz CT molecular complexity index is 520. The van der Waals surface area contributed by atoms with E-state index >= 15 is 0 Å². The fourth-order valence-corrected chi connectivity index (χ4v) is 1.47. The maximum absolute atomic E-state index is 13.3. The van der Waals surface area contributed by atoms with Crippen molar-refractivity contribution in [2.75, 3.05) is 0 Å². The van der Waals surface area contributed by atoms with E-state index in [1.807, 2.05) is 0 Å². The molecular weight excluding hydrogens is 234 g/mol. The zero-order chi connectivity index (χ0) is 12.5. The molecule has 0 spiro atoms. The van der Waals surface area contributed by atoms with E-state index in [1.54, 1.807) is 12.1 Å². The van der Waals surface area contributed by atoms with Crippen molar-refractivity contribution in [3.63, 3.8) is 0 Å². The van der Waals surface area contributed by atoms with Crippen LogP contribution in [0.3, 0.4) is 0 Å². The maximum Gasteiger partial charge on any atom is 0.419 e. The molecule has 0 fully saturated rings. The molecule has 0 aliphatic carbocycles. The van der Waals surface area contributed by atoms with E-state index in [2.05, 4.69) is 4.98 Å². The molecule has 0 radical (unpaired) electrons. The second kappa shape index (κ2) is 4.16. The van der Waals surface area contributed by atoms with Gasteiger partial charge in [0.15, 0.2) is 0 Å². The fourth-order valence-electron chi connectivity index (χ4n) is 1.47. The molecule has 0 saturated heterocycles. The number of nitrogens with zero attached hydrogens (tertiary/aromatic N) is 1. The number of pyridine rings is 1. The zero-order valence-electron chi connectivity index (χ0n) is 8.50. The van der Waals surface area contributed by atoms with E-state index in [9.17, 15) is 17.6 Å². The summed E-state index contributed by atoms with van der Waals surface area (Å²) in [5.74, 6) is -1.27. The predicted molar refractivity (Wildman–Crippen MR) is 54.6 cm³/mol. The summed E-state index contributed by atoms with van der Waals surface area (Å²) < 4.78 is 50.3. The van der Waals surface area contributed by atoms with Crippen LogP contribution in [0.5, 0.6) is 0 Å². The Balaban J connectivity index is 2.45. The van der Waals surface area contributed by atoms with Gasteiger partial charge in [-0.1, -0.05) is 6.07 Å². The minimum Gasteiger partial charge on any atom is -0.265 e. The summed E-state index contributed by atoms with van der Waals surface area (Å²) in [5.41, 5.74) is -0.249. The van der Waals surface area contributed by atoms with Crippen LogP contribution in [0.2, 0.25) is 0 Å². The Morgan fingerprint density at radius 2 is 1.53 bits per heavy atom. The Morgan fingerprint density at radius 1 is 0.882 bits per heavy atom. The van der Waals surface area contributed by atoms with Crippen molar-refractivity contribution >= 4 is 0 Å². The van der Waals surface area contributed by atoms with Crippen molar-refractivity contribution in [3.8, 4) is 11.1 Å². The summed E-state index contributed by atoms with van der Waals surface area (Å²) in [6.07, 6.45) is -1.68. The van der Waals surface area contributed by atoms with Crippen molar-refractivity contribution in [2.45, 2.75) is 6.18 Å². The summed E-state index contributed by atoms with van der Waals surface area (Å²) in [6.45, 7) is 0. The molecule has 88 valence electrons. The van der Waals surface area contributed by atoms with Crippen LogP contribution in [0.25, 0.3) is 11.1 Å². The number of hydrogen-bond acceptors (Lipinski definition) is 1. The zero-order valence-corrected chi connectivity index (χ0v) is 8.50. The van der Waals surface area contributed by atoms with E-state index in [0.29, 0.717) is 11.1 Å². The van der Waals surface area contributed by atoms with Crippen LogP contribution in [0.4, 0.5) is 17.6 Å². The number of halogens is 4. The third kappa shape index (κ3) is 2.43. The maximum atomic E-state index is 13.3. The molecular formula is C12H7F4N. The van der Waals surface area contributed by atoms with Crippen LogP contribution in [-0.2, 0) is 6.18 Å². The SMILES string of the molecule is Fc1cc(-c2ccncc2)ccc1C(F)(F)F. The van der Waals surface area contributed by atoms with Crippen molar-refractivity contribution in [3.05, 3.63) is 54.1 Å². The van der Waals surface area contributed by atoms with Gasteiger partial charge in [0.1, 0.15) is 5.82 Å². The van der Waals surface area contributed by atoms with Crippen molar-refractivity contribution in [1.82, 2.24) is 4.98 Å². The van der Waals surface area contributed by atoms with Gasteiger partial charge in [0.25, 0.3) is 0 Å². The highest BCUT2D eigenvalue weighted by Gasteiger charge is 2.33. The molecule has 1 heterocycles. The normalized spacial score (nSPS) is 11.5. The van der Waals surface area contributed by atoms with Gasteiger partial charge in [-0.25, -0.2) is 4.39 Å². The van der Waals surface area contributed by atoms with E-state index in [1.165, 1.54) is 18.5 Å². The average molecular weight is 241 g/mol. The van der Waals surface area contributed by atoms with Gasteiger partial charge in [0, 0.05) is 12.4 Å². The smallest absolute Gasteiger partial charge is 0.265 e. The lowest BCUT2D eigenvalue weighted by atomic mass is 10.0. The highest BCUT2D eigenvalue weighted by molar-refractivity contribution is 5.63. The molecule has 2 rings (SSSR count). The third-order valence-electron chi connectivity index (χ3n) is 2.29. The Morgan fingerprint density at radius 3 is 2.06 bits per heavy atom. The first-order valence-corrected chi connectivity index (χ1v) is 4.75. The van der Waals surface area contributed by atoms with Crippen LogP contribution in [-0.4, -0.2) is 4.98 Å². The number of benzene rings is 1. The summed E-state index contributed by atoms with van der Waals surface area (Å²) in [7, 11) is 0. The molecule has 1 aromatic heterocycles. The summed E-state index contributed by atoms with van der Waals surface area (Å²) in [6, 6.07) is 6.05. The highest BCUT2D eigenvalue weighted by atomic mass is 19.4. The van der Waals surface area contributed by atoms with Crippen LogP contribution < -0.4 is 0 Å². The molecule has 0 amide bonds. The van der Waals surface area contributed by atoms with Crippen LogP contribution in [0.1, 0.15) is 5.56 Å². The van der Waals surface area contributed by atoms with Gasteiger partial charge >= 0.3 is 6.18 Å². The van der Waals surface area contributed by atoms with Crippen LogP contribution in [0, 0.1) is 5.82 Å². The number of aromatic nitrogens is 1. The number of rotatable bonds is 1. The van der Waals surface area contributed by atoms with Crippen LogP contribution in [0.15, 0.2) is 42.7 Å². The molecule has 0 atom stereocenters. The van der Waals surface area contributed by atoms with E-state index in [0.717, 1.165) is 12.1 Å². The summed E-state index contributed by atoms with van der Waals surface area (Å²) in [5, 5.41) is 0. The summed E-state index contributed by atoms with van der Waals surface area (Å²) in [4.78, 5) is 3.78. The van der Waals surface area contributed by atoms with Crippen molar-refractivity contribution in [1.29, 1.82) is 0 Å².